The maximum atomic E-state index is 9.97. The first-order chi connectivity index (χ1) is 26.7. The number of hydrogen-bond acceptors (Lipinski definition) is 5. The fourth-order valence-electron chi connectivity index (χ4n) is 7.95. The number of fused-ring (bicyclic) bond motifs is 8. The van der Waals surface area contributed by atoms with Gasteiger partial charge >= 0.3 is 0 Å². The van der Waals surface area contributed by atoms with E-state index in [-0.39, 0.29) is 0 Å². The second kappa shape index (κ2) is 11.9. The van der Waals surface area contributed by atoms with Crippen LogP contribution in [0.15, 0.2) is 164 Å². The molecule has 0 radical (unpaired) electrons. The van der Waals surface area contributed by atoms with Crippen LogP contribution in [0.5, 0.6) is 0 Å². The van der Waals surface area contributed by atoms with E-state index < -0.39 is 0 Å². The van der Waals surface area contributed by atoms with Crippen LogP contribution in [-0.2, 0) is 0 Å². The molecule has 0 spiro atoms. The first-order valence-electron chi connectivity index (χ1n) is 17.8. The highest BCUT2D eigenvalue weighted by atomic mass is 32.1. The molecule has 6 heteroatoms. The third-order valence-corrected chi connectivity index (χ3v) is 11.6. The van der Waals surface area contributed by atoms with Crippen molar-refractivity contribution in [3.63, 3.8) is 0 Å². The first-order valence-corrected chi connectivity index (χ1v) is 18.6. The van der Waals surface area contributed by atoms with Crippen LogP contribution in [-0.4, -0.2) is 19.5 Å². The summed E-state index contributed by atoms with van der Waals surface area (Å²) >= 11 is 1.81. The molecular weight excluding hydrogens is 679 g/mol. The molecule has 11 rings (SSSR count). The van der Waals surface area contributed by atoms with Crippen molar-refractivity contribution in [1.82, 2.24) is 19.5 Å². The topological polar surface area (TPSA) is 67.4 Å². The van der Waals surface area contributed by atoms with Gasteiger partial charge in [0.1, 0.15) is 0 Å². The van der Waals surface area contributed by atoms with Crippen molar-refractivity contribution in [1.29, 1.82) is 5.26 Å². The summed E-state index contributed by atoms with van der Waals surface area (Å²) in [5.74, 6) is 1.82. The molecular formula is C48H27N5S. The van der Waals surface area contributed by atoms with Crippen molar-refractivity contribution in [2.75, 3.05) is 0 Å². The van der Waals surface area contributed by atoms with Crippen molar-refractivity contribution in [3.05, 3.63) is 169 Å². The van der Waals surface area contributed by atoms with Crippen molar-refractivity contribution >= 4 is 74.9 Å². The number of benzene rings is 8. The highest BCUT2D eigenvalue weighted by Gasteiger charge is 2.19. The highest BCUT2D eigenvalue weighted by molar-refractivity contribution is 7.25. The van der Waals surface area contributed by atoms with Crippen LogP contribution in [0.3, 0.4) is 0 Å². The van der Waals surface area contributed by atoms with E-state index in [9.17, 15) is 5.26 Å². The average molecular weight is 706 g/mol. The second-order valence-corrected chi connectivity index (χ2v) is 14.6. The summed E-state index contributed by atoms with van der Waals surface area (Å²) in [5, 5.41) is 18.9. The monoisotopic (exact) mass is 705 g/mol. The second-order valence-electron chi connectivity index (χ2n) is 13.5. The van der Waals surface area contributed by atoms with E-state index in [1.165, 1.54) is 20.2 Å². The van der Waals surface area contributed by atoms with Crippen LogP contribution in [0, 0.1) is 11.3 Å². The van der Waals surface area contributed by atoms with Gasteiger partial charge in [-0.1, -0.05) is 103 Å². The molecule has 0 amide bonds. The first kappa shape index (κ1) is 30.4. The zero-order chi connectivity index (χ0) is 35.8. The molecule has 0 fully saturated rings. The van der Waals surface area contributed by atoms with Crippen LogP contribution in [0.4, 0.5) is 0 Å². The third kappa shape index (κ3) is 4.73. The van der Waals surface area contributed by atoms with E-state index in [4.69, 9.17) is 15.0 Å². The Bertz CT molecular complexity index is 3260. The van der Waals surface area contributed by atoms with Gasteiger partial charge in [-0.15, -0.1) is 11.3 Å². The van der Waals surface area contributed by atoms with Crippen LogP contribution < -0.4 is 0 Å². The molecule has 0 aliphatic carbocycles. The summed E-state index contributed by atoms with van der Waals surface area (Å²) in [6.45, 7) is 0. The van der Waals surface area contributed by atoms with Gasteiger partial charge in [0, 0.05) is 53.3 Å². The van der Waals surface area contributed by atoms with Crippen LogP contribution in [0.1, 0.15) is 5.56 Å². The molecule has 0 aliphatic rings. The molecule has 0 unspecified atom stereocenters. The summed E-state index contributed by atoms with van der Waals surface area (Å²) < 4.78 is 4.84. The lowest BCUT2D eigenvalue weighted by molar-refractivity contribution is 1.08. The van der Waals surface area contributed by atoms with Crippen LogP contribution in [0.25, 0.3) is 103 Å². The van der Waals surface area contributed by atoms with Gasteiger partial charge in [0.2, 0.25) is 0 Å². The number of rotatable bonds is 4. The summed E-state index contributed by atoms with van der Waals surface area (Å²) in [4.78, 5) is 15.5. The molecule has 0 aliphatic heterocycles. The van der Waals surface area contributed by atoms with E-state index in [2.05, 4.69) is 162 Å². The SMILES string of the molecule is N#Cc1ccc2c(c1)c1cc(-c3nc(-c4cccc5ccccc45)nc(-c4cccc5ccccc45)n3)ccc1n2-c1ccc2sc3ccccc3c2c1. The van der Waals surface area contributed by atoms with Crippen LogP contribution in [0.2, 0.25) is 0 Å². The standard InChI is InChI=1S/C48H27N5S/c49-28-29-19-22-42-39(25-29)40-26-32(20-23-43(40)53(42)33-21-24-45-41(27-33)36-15-5-6-18-44(36)54-45)46-50-47(37-16-7-11-30-9-1-3-13-34(30)37)52-48(51-46)38-17-8-12-31-10-2-4-14-35(31)38/h1-27H. The Morgan fingerprint density at radius 1 is 0.444 bits per heavy atom. The maximum Gasteiger partial charge on any atom is 0.164 e. The predicted octanol–water partition coefficient (Wildman–Crippen LogP) is 12.5. The van der Waals surface area contributed by atoms with E-state index in [1.807, 2.05) is 23.5 Å². The summed E-state index contributed by atoms with van der Waals surface area (Å²) in [6, 6.07) is 59.2. The zero-order valence-corrected chi connectivity index (χ0v) is 29.5. The minimum Gasteiger partial charge on any atom is -0.309 e. The highest BCUT2D eigenvalue weighted by Crippen LogP contribution is 2.40. The van der Waals surface area contributed by atoms with Crippen molar-refractivity contribution in [2.24, 2.45) is 0 Å². The minimum atomic E-state index is 0.585. The Labute approximate surface area is 313 Å². The lowest BCUT2D eigenvalue weighted by atomic mass is 10.0. The predicted molar refractivity (Wildman–Crippen MR) is 223 cm³/mol. The Morgan fingerprint density at radius 2 is 1.02 bits per heavy atom. The largest absolute Gasteiger partial charge is 0.309 e. The molecule has 3 heterocycles. The van der Waals surface area contributed by atoms with Gasteiger partial charge in [0.25, 0.3) is 0 Å². The van der Waals surface area contributed by atoms with Gasteiger partial charge < -0.3 is 4.57 Å². The van der Waals surface area contributed by atoms with Gasteiger partial charge in [-0.2, -0.15) is 5.26 Å². The Hall–Kier alpha value is -7.20. The third-order valence-electron chi connectivity index (χ3n) is 10.5. The van der Waals surface area contributed by atoms with Gasteiger partial charge in [-0.3, -0.25) is 0 Å². The molecule has 0 bridgehead atoms. The number of nitriles is 1. The quantitative estimate of drug-likeness (QED) is 0.183. The molecule has 11 aromatic rings. The van der Waals surface area contributed by atoms with E-state index in [0.717, 1.165) is 65.7 Å². The van der Waals surface area contributed by atoms with E-state index in [1.54, 1.807) is 0 Å². The van der Waals surface area contributed by atoms with Gasteiger partial charge in [0.15, 0.2) is 17.5 Å². The number of nitrogens with zero attached hydrogens (tertiary/aromatic N) is 5. The summed E-state index contributed by atoms with van der Waals surface area (Å²) in [5.41, 5.74) is 6.53. The van der Waals surface area contributed by atoms with Crippen molar-refractivity contribution < 1.29 is 0 Å². The van der Waals surface area contributed by atoms with E-state index >= 15 is 0 Å². The van der Waals surface area contributed by atoms with Gasteiger partial charge in [-0.25, -0.2) is 15.0 Å². The van der Waals surface area contributed by atoms with Gasteiger partial charge in [0.05, 0.1) is 22.7 Å². The molecule has 0 saturated carbocycles. The Morgan fingerprint density at radius 3 is 1.72 bits per heavy atom. The Kier molecular flexibility index (Phi) is 6.72. The summed E-state index contributed by atoms with van der Waals surface area (Å²) in [7, 11) is 0. The molecule has 5 nitrogen and oxygen atoms in total. The fourth-order valence-corrected chi connectivity index (χ4v) is 9.04. The normalized spacial score (nSPS) is 11.7. The van der Waals surface area contributed by atoms with Gasteiger partial charge in [-0.05, 0) is 82.2 Å². The molecule has 250 valence electrons. The number of hydrogen-bond donors (Lipinski definition) is 0. The molecule has 0 N–H and O–H groups in total. The number of thiophene rings is 1. The zero-order valence-electron chi connectivity index (χ0n) is 28.7. The summed E-state index contributed by atoms with van der Waals surface area (Å²) in [6.07, 6.45) is 0. The molecule has 8 aromatic carbocycles. The Balaban J connectivity index is 1.16. The lowest BCUT2D eigenvalue weighted by Crippen LogP contribution is -2.01. The maximum absolute atomic E-state index is 9.97. The number of aromatic nitrogens is 4. The molecule has 0 atom stereocenters. The molecule has 3 aromatic heterocycles. The molecule has 54 heavy (non-hydrogen) atoms. The van der Waals surface area contributed by atoms with Crippen LogP contribution >= 0.6 is 11.3 Å². The smallest absolute Gasteiger partial charge is 0.164 e. The fraction of sp³-hybridized carbons (Fsp3) is 0. The lowest BCUT2D eigenvalue weighted by Gasteiger charge is -2.12. The minimum absolute atomic E-state index is 0.585. The average Bonchev–Trinajstić information content (AvgIpc) is 3.77. The molecule has 0 saturated heterocycles. The van der Waals surface area contributed by atoms with Crippen molar-refractivity contribution in [3.8, 4) is 45.9 Å². The van der Waals surface area contributed by atoms with Crippen molar-refractivity contribution in [2.45, 2.75) is 0 Å². The van der Waals surface area contributed by atoms with E-state index in [0.29, 0.717) is 23.0 Å².